The van der Waals surface area contributed by atoms with Crippen LogP contribution in [0.25, 0.3) is 5.57 Å². The van der Waals surface area contributed by atoms with Gasteiger partial charge in [-0.1, -0.05) is 6.07 Å². The van der Waals surface area contributed by atoms with Crippen LogP contribution in [0.2, 0.25) is 0 Å². The predicted octanol–water partition coefficient (Wildman–Crippen LogP) is 2.77. The zero-order valence-corrected chi connectivity index (χ0v) is 20.8. The Kier molecular flexibility index (Phi) is 6.12. The van der Waals surface area contributed by atoms with E-state index in [2.05, 4.69) is 45.1 Å². The quantitative estimate of drug-likeness (QED) is 0.681. The van der Waals surface area contributed by atoms with Crippen molar-refractivity contribution in [2.75, 3.05) is 24.5 Å². The average Bonchev–Trinajstić information content (AvgIpc) is 2.79. The van der Waals surface area contributed by atoms with Gasteiger partial charge in [0.2, 0.25) is 5.95 Å². The summed E-state index contributed by atoms with van der Waals surface area (Å²) in [6, 6.07) is 2.82. The average molecular weight is 480 g/mol. The van der Waals surface area contributed by atoms with E-state index in [0.29, 0.717) is 36.6 Å². The second kappa shape index (κ2) is 9.07. The summed E-state index contributed by atoms with van der Waals surface area (Å²) in [7, 11) is 0. The van der Waals surface area contributed by atoms with Crippen molar-refractivity contribution in [3.63, 3.8) is 0 Å². The van der Waals surface area contributed by atoms with E-state index in [-0.39, 0.29) is 11.3 Å². The molecule has 3 aliphatic rings. The molecule has 2 aromatic rings. The molecular formula is C25H30ClN7O. The van der Waals surface area contributed by atoms with Gasteiger partial charge in [0.1, 0.15) is 6.17 Å². The first-order chi connectivity index (χ1) is 16.3. The van der Waals surface area contributed by atoms with Gasteiger partial charge >= 0.3 is 0 Å². The number of aryl methyl sites for hydroxylation is 2. The molecule has 3 aliphatic heterocycles. The number of nitrogens with one attached hydrogen (secondary N) is 1. The molecule has 4 atom stereocenters. The van der Waals surface area contributed by atoms with Crippen molar-refractivity contribution in [2.45, 2.75) is 57.7 Å². The second-order valence-electron chi connectivity index (χ2n) is 9.57. The van der Waals surface area contributed by atoms with Gasteiger partial charge in [0.25, 0.3) is 5.91 Å². The summed E-state index contributed by atoms with van der Waals surface area (Å²) in [5, 5.41) is 3.14. The van der Waals surface area contributed by atoms with Crippen LogP contribution in [0.1, 0.15) is 46.7 Å². The highest BCUT2D eigenvalue weighted by molar-refractivity contribution is 6.34. The molecule has 0 spiro atoms. The Morgan fingerprint density at radius 2 is 1.88 bits per heavy atom. The van der Waals surface area contributed by atoms with Crippen molar-refractivity contribution in [3.8, 4) is 0 Å². The Bertz CT molecular complexity index is 1170. The zero-order valence-electron chi connectivity index (χ0n) is 20.0. The maximum atomic E-state index is 13.4. The number of amides is 1. The molecule has 34 heavy (non-hydrogen) atoms. The number of piperazine rings is 1. The minimum absolute atomic E-state index is 0.103. The lowest BCUT2D eigenvalue weighted by Gasteiger charge is -2.37. The van der Waals surface area contributed by atoms with Gasteiger partial charge in [-0.05, 0) is 44.9 Å². The largest absolute Gasteiger partial charge is 0.338 e. The van der Waals surface area contributed by atoms with Crippen LogP contribution in [0.4, 0.5) is 5.95 Å². The lowest BCUT2D eigenvalue weighted by Crippen LogP contribution is -2.55. The number of halogens is 1. The molecule has 5 rings (SSSR count). The van der Waals surface area contributed by atoms with Gasteiger partial charge in [0.15, 0.2) is 0 Å². The Labute approximate surface area is 205 Å². The summed E-state index contributed by atoms with van der Waals surface area (Å²) in [6.45, 7) is 10.6. The molecule has 2 aromatic heterocycles. The third kappa shape index (κ3) is 4.32. The molecule has 0 radical (unpaired) electrons. The van der Waals surface area contributed by atoms with E-state index in [1.807, 2.05) is 26.1 Å². The van der Waals surface area contributed by atoms with Gasteiger partial charge in [-0.15, -0.1) is 11.6 Å². The van der Waals surface area contributed by atoms with Crippen LogP contribution >= 0.6 is 11.6 Å². The van der Waals surface area contributed by atoms with Gasteiger partial charge in [-0.25, -0.2) is 9.97 Å². The van der Waals surface area contributed by atoms with Crippen molar-refractivity contribution in [1.82, 2.24) is 25.2 Å². The molecule has 9 heteroatoms. The van der Waals surface area contributed by atoms with Gasteiger partial charge in [-0.2, -0.15) is 0 Å². The highest BCUT2D eigenvalue weighted by atomic mass is 35.5. The Morgan fingerprint density at radius 1 is 1.12 bits per heavy atom. The molecule has 0 aromatic carbocycles. The molecule has 0 aliphatic carbocycles. The minimum Gasteiger partial charge on any atom is -0.338 e. The maximum Gasteiger partial charge on any atom is 0.259 e. The van der Waals surface area contributed by atoms with Gasteiger partial charge < -0.3 is 15.1 Å². The number of aromatic nitrogens is 3. The number of aliphatic imine (C=N–C) groups is 1. The van der Waals surface area contributed by atoms with Crippen LogP contribution in [-0.2, 0) is 6.42 Å². The molecule has 1 amide bonds. The molecule has 8 nitrogen and oxygen atoms in total. The number of dihydropyridines is 1. The molecule has 5 heterocycles. The fraction of sp³-hybridized carbons (Fsp3) is 0.480. The number of rotatable bonds is 3. The summed E-state index contributed by atoms with van der Waals surface area (Å²) >= 11 is 6.57. The SMILES string of the molecule is Cc1cnc(C2=CC(N3CCc4nc(N5CC(C)NC(C)C5)ncc4C3=O)N=CC2Cl)c(C)c1. The number of hydrogen-bond acceptors (Lipinski definition) is 7. The predicted molar refractivity (Wildman–Crippen MR) is 135 cm³/mol. The highest BCUT2D eigenvalue weighted by Gasteiger charge is 2.33. The molecule has 0 bridgehead atoms. The number of carbonyl (C=O) groups is 1. The first-order valence-electron chi connectivity index (χ1n) is 11.8. The Balaban J connectivity index is 1.39. The molecule has 0 saturated carbocycles. The topological polar surface area (TPSA) is 86.6 Å². The summed E-state index contributed by atoms with van der Waals surface area (Å²) in [6.07, 6.45) is 7.42. The first-order valence-corrected chi connectivity index (χ1v) is 12.2. The minimum atomic E-state index is -0.428. The van der Waals surface area contributed by atoms with Gasteiger partial charge in [-0.3, -0.25) is 14.8 Å². The highest BCUT2D eigenvalue weighted by Crippen LogP contribution is 2.30. The fourth-order valence-electron chi connectivity index (χ4n) is 5.09. The van der Waals surface area contributed by atoms with Crippen LogP contribution in [0.3, 0.4) is 0 Å². The first kappa shape index (κ1) is 22.9. The molecule has 1 saturated heterocycles. The third-order valence-corrected chi connectivity index (χ3v) is 6.93. The van der Waals surface area contributed by atoms with Crippen molar-refractivity contribution in [1.29, 1.82) is 0 Å². The molecule has 1 N–H and O–H groups in total. The number of anilines is 1. The fourth-order valence-corrected chi connectivity index (χ4v) is 5.33. The van der Waals surface area contributed by atoms with Crippen LogP contribution in [0.5, 0.6) is 0 Å². The number of fused-ring (bicyclic) bond motifs is 1. The van der Waals surface area contributed by atoms with Gasteiger partial charge in [0.05, 0.1) is 22.3 Å². The number of allylic oxidation sites excluding steroid dienone is 1. The monoisotopic (exact) mass is 479 g/mol. The molecule has 178 valence electrons. The van der Waals surface area contributed by atoms with Crippen LogP contribution in [0, 0.1) is 13.8 Å². The third-order valence-electron chi connectivity index (χ3n) is 6.58. The van der Waals surface area contributed by atoms with Crippen molar-refractivity contribution >= 4 is 35.2 Å². The van der Waals surface area contributed by atoms with Gasteiger partial charge in [0, 0.05) is 62.3 Å². The summed E-state index contributed by atoms with van der Waals surface area (Å²) < 4.78 is 0. The van der Waals surface area contributed by atoms with E-state index >= 15 is 0 Å². The number of carbonyl (C=O) groups excluding carboxylic acids is 1. The van der Waals surface area contributed by atoms with Crippen LogP contribution in [-0.4, -0.2) is 75.2 Å². The van der Waals surface area contributed by atoms with Crippen molar-refractivity contribution < 1.29 is 4.79 Å². The summed E-state index contributed by atoms with van der Waals surface area (Å²) in [5.41, 5.74) is 5.24. The number of nitrogens with zero attached hydrogens (tertiary/aromatic N) is 6. The van der Waals surface area contributed by atoms with Crippen LogP contribution < -0.4 is 10.2 Å². The Morgan fingerprint density at radius 3 is 2.62 bits per heavy atom. The van der Waals surface area contributed by atoms with E-state index in [4.69, 9.17) is 16.6 Å². The summed E-state index contributed by atoms with van der Waals surface area (Å²) in [4.78, 5) is 35.9. The summed E-state index contributed by atoms with van der Waals surface area (Å²) in [5.74, 6) is 0.596. The van der Waals surface area contributed by atoms with E-state index in [9.17, 15) is 4.79 Å². The smallest absolute Gasteiger partial charge is 0.259 e. The molecule has 1 fully saturated rings. The molecular weight excluding hydrogens is 450 g/mol. The van der Waals surface area contributed by atoms with E-state index in [0.717, 1.165) is 41.2 Å². The van der Waals surface area contributed by atoms with E-state index in [1.54, 1.807) is 17.3 Å². The van der Waals surface area contributed by atoms with Crippen LogP contribution in [0.15, 0.2) is 29.5 Å². The number of alkyl halides is 1. The lowest BCUT2D eigenvalue weighted by atomic mass is 9.99. The Hall–Kier alpha value is -2.84. The number of pyridine rings is 1. The van der Waals surface area contributed by atoms with Crippen molar-refractivity contribution in [2.24, 2.45) is 4.99 Å². The normalized spacial score (nSPS) is 27.0. The van der Waals surface area contributed by atoms with Crippen molar-refractivity contribution in [3.05, 3.63) is 52.6 Å². The number of hydrogen-bond donors (Lipinski definition) is 1. The zero-order chi connectivity index (χ0) is 24.0. The molecule has 4 unspecified atom stereocenters. The maximum absolute atomic E-state index is 13.4. The van der Waals surface area contributed by atoms with E-state index in [1.165, 1.54) is 0 Å². The van der Waals surface area contributed by atoms with E-state index < -0.39 is 6.17 Å². The lowest BCUT2D eigenvalue weighted by molar-refractivity contribution is 0.0698. The second-order valence-corrected chi connectivity index (χ2v) is 10.0. The standard InChI is InChI=1S/C25H30ClN7O/c1-14-7-15(2)23(28-9-14)18-8-22(27-11-20(18)26)33-6-5-21-19(24(33)34)10-29-25(31-21)32-12-16(3)30-17(4)13-32/h7-11,16-17,20,22,30H,5-6,12-13H2,1-4H3.